The van der Waals surface area contributed by atoms with Gasteiger partial charge in [0.05, 0.1) is 19.9 Å². The van der Waals surface area contributed by atoms with Gasteiger partial charge in [-0.2, -0.15) is 0 Å². The fraction of sp³-hybridized carbons (Fsp3) is 0.118. The van der Waals surface area contributed by atoms with Crippen LogP contribution >= 0.6 is 0 Å². The molecule has 0 aromatic heterocycles. The molecule has 1 N–H and O–H groups in total. The van der Waals surface area contributed by atoms with Crippen LogP contribution in [0.3, 0.4) is 0 Å². The number of amides is 1. The van der Waals surface area contributed by atoms with Crippen LogP contribution in [0.5, 0.6) is 11.5 Å². The van der Waals surface area contributed by atoms with Gasteiger partial charge in [-0.3, -0.25) is 4.79 Å². The van der Waals surface area contributed by atoms with Crippen LogP contribution in [0.4, 0.5) is 10.1 Å². The van der Waals surface area contributed by atoms with Crippen molar-refractivity contribution in [3.63, 3.8) is 0 Å². The number of anilines is 1. The second kappa shape index (κ2) is 7.26. The molecular weight excluding hydrogens is 285 g/mol. The van der Waals surface area contributed by atoms with Crippen molar-refractivity contribution in [1.29, 1.82) is 0 Å². The van der Waals surface area contributed by atoms with Crippen LogP contribution in [0.2, 0.25) is 0 Å². The molecule has 0 aliphatic rings. The van der Waals surface area contributed by atoms with E-state index >= 15 is 0 Å². The van der Waals surface area contributed by atoms with Crippen LogP contribution in [0.15, 0.2) is 48.5 Å². The van der Waals surface area contributed by atoms with Gasteiger partial charge in [0.15, 0.2) is 0 Å². The summed E-state index contributed by atoms with van der Waals surface area (Å²) in [4.78, 5) is 11.8. The first-order valence-electron chi connectivity index (χ1n) is 6.59. The highest BCUT2D eigenvalue weighted by molar-refractivity contribution is 6.02. The summed E-state index contributed by atoms with van der Waals surface area (Å²) in [6.45, 7) is 0. The van der Waals surface area contributed by atoms with Crippen LogP contribution in [0.1, 0.15) is 5.56 Å². The zero-order valence-electron chi connectivity index (χ0n) is 12.3. The quantitative estimate of drug-likeness (QED) is 0.860. The van der Waals surface area contributed by atoms with Crippen LogP contribution in [0.25, 0.3) is 6.08 Å². The van der Waals surface area contributed by atoms with E-state index in [0.717, 1.165) is 5.56 Å². The van der Waals surface area contributed by atoms with E-state index in [9.17, 15) is 9.18 Å². The minimum Gasteiger partial charge on any atom is -0.497 e. The Morgan fingerprint density at radius 3 is 2.32 bits per heavy atom. The molecule has 0 unspecified atom stereocenters. The zero-order valence-corrected chi connectivity index (χ0v) is 12.3. The summed E-state index contributed by atoms with van der Waals surface area (Å²) >= 11 is 0. The molecule has 0 fully saturated rings. The maximum atomic E-state index is 13.4. The lowest BCUT2D eigenvalue weighted by Gasteiger charge is -2.06. The maximum absolute atomic E-state index is 13.4. The first-order valence-corrected chi connectivity index (χ1v) is 6.59. The molecule has 22 heavy (non-hydrogen) atoms. The molecule has 114 valence electrons. The molecule has 0 saturated heterocycles. The number of methoxy groups -OCH3 is 2. The van der Waals surface area contributed by atoms with Gasteiger partial charge in [0.2, 0.25) is 5.91 Å². The van der Waals surface area contributed by atoms with E-state index in [1.807, 2.05) is 0 Å². The summed E-state index contributed by atoms with van der Waals surface area (Å²) in [5.74, 6) is 0.334. The van der Waals surface area contributed by atoms with E-state index in [0.29, 0.717) is 11.5 Å². The molecular formula is C17H16FNO3. The molecule has 0 atom stereocenters. The van der Waals surface area contributed by atoms with E-state index in [1.165, 1.54) is 18.2 Å². The van der Waals surface area contributed by atoms with Gasteiger partial charge in [-0.25, -0.2) is 4.39 Å². The standard InChI is InChI=1S/C17H16FNO3/c1-21-13-9-12(10-14(11-13)22-2)7-8-17(20)19-16-6-4-3-5-15(16)18/h3-11H,1-2H3,(H,19,20)/b8-7+. The summed E-state index contributed by atoms with van der Waals surface area (Å²) in [5, 5.41) is 2.47. The number of ether oxygens (including phenoxy) is 2. The molecule has 0 aliphatic heterocycles. The van der Waals surface area contributed by atoms with Crippen molar-refractivity contribution in [3.8, 4) is 11.5 Å². The fourth-order valence-corrected chi connectivity index (χ4v) is 1.83. The number of rotatable bonds is 5. The van der Waals surface area contributed by atoms with Crippen LogP contribution in [-0.2, 0) is 4.79 Å². The van der Waals surface area contributed by atoms with Gasteiger partial charge in [-0.05, 0) is 35.9 Å². The van der Waals surface area contributed by atoms with E-state index in [-0.39, 0.29) is 5.69 Å². The largest absolute Gasteiger partial charge is 0.497 e. The van der Waals surface area contributed by atoms with Crippen molar-refractivity contribution in [2.75, 3.05) is 19.5 Å². The third kappa shape index (κ3) is 4.09. The Hall–Kier alpha value is -2.82. The molecule has 2 aromatic carbocycles. The maximum Gasteiger partial charge on any atom is 0.248 e. The van der Waals surface area contributed by atoms with Gasteiger partial charge in [-0.1, -0.05) is 12.1 Å². The molecule has 5 heteroatoms. The Labute approximate surface area is 128 Å². The SMILES string of the molecule is COc1cc(/C=C/C(=O)Nc2ccccc2F)cc(OC)c1. The Balaban J connectivity index is 2.11. The molecule has 4 nitrogen and oxygen atoms in total. The number of para-hydroxylation sites is 1. The van der Waals surface area contributed by atoms with Gasteiger partial charge in [0.25, 0.3) is 0 Å². The van der Waals surface area contributed by atoms with Crippen LogP contribution in [-0.4, -0.2) is 20.1 Å². The number of benzene rings is 2. The Bertz CT molecular complexity index is 676. The average molecular weight is 301 g/mol. The lowest BCUT2D eigenvalue weighted by molar-refractivity contribution is -0.111. The van der Waals surface area contributed by atoms with Crippen molar-refractivity contribution < 1.29 is 18.7 Å². The number of carbonyl (C=O) groups is 1. The molecule has 0 heterocycles. The van der Waals surface area contributed by atoms with Gasteiger partial charge < -0.3 is 14.8 Å². The highest BCUT2D eigenvalue weighted by Crippen LogP contribution is 2.23. The first kappa shape index (κ1) is 15.6. The predicted octanol–water partition coefficient (Wildman–Crippen LogP) is 3.49. The minimum atomic E-state index is -0.479. The summed E-state index contributed by atoms with van der Waals surface area (Å²) in [6, 6.07) is 11.2. The molecule has 1 amide bonds. The molecule has 0 bridgehead atoms. The normalized spacial score (nSPS) is 10.5. The van der Waals surface area contributed by atoms with Gasteiger partial charge in [-0.15, -0.1) is 0 Å². The molecule has 0 aliphatic carbocycles. The number of carbonyl (C=O) groups excluding carboxylic acids is 1. The van der Waals surface area contributed by atoms with Crippen molar-refractivity contribution in [3.05, 3.63) is 59.9 Å². The van der Waals surface area contributed by atoms with E-state index in [1.54, 1.807) is 50.6 Å². The first-order chi connectivity index (χ1) is 10.6. The lowest BCUT2D eigenvalue weighted by atomic mass is 10.2. The average Bonchev–Trinajstić information content (AvgIpc) is 2.54. The van der Waals surface area contributed by atoms with Crippen molar-refractivity contribution in [1.82, 2.24) is 0 Å². The molecule has 0 radical (unpaired) electrons. The van der Waals surface area contributed by atoms with E-state index in [4.69, 9.17) is 9.47 Å². The number of hydrogen-bond donors (Lipinski definition) is 1. The second-order valence-electron chi connectivity index (χ2n) is 4.45. The minimum absolute atomic E-state index is 0.139. The van der Waals surface area contributed by atoms with Crippen molar-refractivity contribution in [2.24, 2.45) is 0 Å². The number of hydrogen-bond acceptors (Lipinski definition) is 3. The third-order valence-electron chi connectivity index (χ3n) is 2.93. The summed E-state index contributed by atoms with van der Waals surface area (Å²) in [5.41, 5.74) is 0.875. The van der Waals surface area contributed by atoms with Gasteiger partial charge >= 0.3 is 0 Å². The monoisotopic (exact) mass is 301 g/mol. The Kier molecular flexibility index (Phi) is 5.14. The smallest absolute Gasteiger partial charge is 0.248 e. The Morgan fingerprint density at radius 1 is 1.09 bits per heavy atom. The number of halogens is 1. The molecule has 0 spiro atoms. The van der Waals surface area contributed by atoms with Crippen LogP contribution < -0.4 is 14.8 Å². The molecule has 0 saturated carbocycles. The highest BCUT2D eigenvalue weighted by Gasteiger charge is 2.04. The van der Waals surface area contributed by atoms with Gasteiger partial charge in [0.1, 0.15) is 17.3 Å². The summed E-state index contributed by atoms with van der Waals surface area (Å²) in [7, 11) is 3.10. The predicted molar refractivity (Wildman–Crippen MR) is 83.6 cm³/mol. The molecule has 2 aromatic rings. The second-order valence-corrected chi connectivity index (χ2v) is 4.45. The third-order valence-corrected chi connectivity index (χ3v) is 2.93. The summed E-state index contributed by atoms with van der Waals surface area (Å²) < 4.78 is 23.7. The van der Waals surface area contributed by atoms with Crippen molar-refractivity contribution >= 4 is 17.7 Å². The molecule has 2 rings (SSSR count). The topological polar surface area (TPSA) is 47.6 Å². The Morgan fingerprint density at radius 2 is 1.73 bits per heavy atom. The lowest BCUT2D eigenvalue weighted by Crippen LogP contribution is -2.09. The van der Waals surface area contributed by atoms with Gasteiger partial charge in [0, 0.05) is 12.1 Å². The fourth-order valence-electron chi connectivity index (χ4n) is 1.83. The van der Waals surface area contributed by atoms with E-state index in [2.05, 4.69) is 5.32 Å². The zero-order chi connectivity index (χ0) is 15.9. The number of nitrogens with one attached hydrogen (secondary N) is 1. The van der Waals surface area contributed by atoms with E-state index < -0.39 is 11.7 Å². The van der Waals surface area contributed by atoms with Crippen LogP contribution in [0, 0.1) is 5.82 Å². The highest BCUT2D eigenvalue weighted by atomic mass is 19.1. The summed E-state index contributed by atoms with van der Waals surface area (Å²) in [6.07, 6.45) is 2.92. The van der Waals surface area contributed by atoms with Crippen molar-refractivity contribution in [2.45, 2.75) is 0 Å².